The Bertz CT molecular complexity index is 662. The lowest BCUT2D eigenvalue weighted by Crippen LogP contribution is -2.54. The number of thiophene rings is 1. The number of nitrogens with zero attached hydrogens (tertiary/aromatic N) is 4. The Labute approximate surface area is 161 Å². The van der Waals surface area contributed by atoms with Crippen molar-refractivity contribution in [1.29, 1.82) is 0 Å². The molecule has 142 valence electrons. The smallest absolute Gasteiger partial charge is 0.223 e. The first-order valence-electron chi connectivity index (χ1n) is 9.40. The predicted molar refractivity (Wildman–Crippen MR) is 115 cm³/mol. The number of hydrogen-bond acceptors (Lipinski definition) is 6. The molecule has 0 aromatic carbocycles. The first kappa shape index (κ1) is 20.4. The minimum Gasteiger partial charge on any atom is -0.339 e. The molecule has 3 rings (SSSR count). The van der Waals surface area contributed by atoms with Crippen LogP contribution in [0.25, 0.3) is 5.57 Å². The summed E-state index contributed by atoms with van der Waals surface area (Å²) in [6, 6.07) is 2.22. The van der Waals surface area contributed by atoms with Crippen LogP contribution in [0.2, 0.25) is 0 Å². The molecule has 1 aromatic rings. The molecule has 1 aromatic heterocycles. The molecule has 1 N–H and O–H groups in total. The van der Waals surface area contributed by atoms with E-state index in [0.29, 0.717) is 0 Å². The van der Waals surface area contributed by atoms with Gasteiger partial charge in [-0.25, -0.2) is 10.0 Å². The molecule has 26 heavy (non-hydrogen) atoms. The molecule has 1 unspecified atom stereocenters. The third-order valence-corrected chi connectivity index (χ3v) is 4.73. The number of allylic oxidation sites excluding steroid dienone is 1. The standard InChI is InChI=1S/C18H25N5S.C2H6/c1-4-5-17-16(15-6-11-24-13-15)12-20-18(23(17)21-14(2)3)22-9-7-19-8-10-22;1-2/h4-6,11-13,17,19H,7-10H2,1-3H3;1-2H3/b5-4+;. The Hall–Kier alpha value is -1.92. The van der Waals surface area contributed by atoms with E-state index >= 15 is 0 Å². The minimum absolute atomic E-state index is 0.0712. The molecule has 0 bridgehead atoms. The van der Waals surface area contributed by atoms with Crippen molar-refractivity contribution in [1.82, 2.24) is 15.2 Å². The van der Waals surface area contributed by atoms with Gasteiger partial charge in [-0.3, -0.25) is 0 Å². The molecule has 0 radical (unpaired) electrons. The molecule has 1 saturated heterocycles. The lowest BCUT2D eigenvalue weighted by Gasteiger charge is -2.39. The Morgan fingerprint density at radius 2 is 2.04 bits per heavy atom. The fourth-order valence-electron chi connectivity index (χ4n) is 2.97. The van der Waals surface area contributed by atoms with Gasteiger partial charge in [0.1, 0.15) is 6.04 Å². The van der Waals surface area contributed by atoms with Gasteiger partial charge in [-0.05, 0) is 43.2 Å². The van der Waals surface area contributed by atoms with Crippen LogP contribution in [-0.4, -0.2) is 53.8 Å². The molecule has 2 aliphatic heterocycles. The van der Waals surface area contributed by atoms with Crippen molar-refractivity contribution in [3.8, 4) is 0 Å². The highest BCUT2D eigenvalue weighted by Gasteiger charge is 2.31. The van der Waals surface area contributed by atoms with E-state index in [9.17, 15) is 0 Å². The third kappa shape index (κ3) is 4.83. The number of piperazine rings is 1. The third-order valence-electron chi connectivity index (χ3n) is 4.04. The summed E-state index contributed by atoms with van der Waals surface area (Å²) < 4.78 is 0. The summed E-state index contributed by atoms with van der Waals surface area (Å²) in [7, 11) is 0. The fraction of sp³-hybridized carbons (Fsp3) is 0.500. The molecule has 0 spiro atoms. The molecule has 5 nitrogen and oxygen atoms in total. The number of aliphatic imine (C=N–C) groups is 1. The molecular formula is C20H31N5S. The van der Waals surface area contributed by atoms with Gasteiger partial charge in [-0.15, -0.1) is 0 Å². The molecular weight excluding hydrogens is 342 g/mol. The Balaban J connectivity index is 0.00000117. The summed E-state index contributed by atoms with van der Waals surface area (Å²) >= 11 is 1.71. The molecule has 1 fully saturated rings. The van der Waals surface area contributed by atoms with E-state index in [1.165, 1.54) is 11.1 Å². The van der Waals surface area contributed by atoms with Gasteiger partial charge in [0.15, 0.2) is 0 Å². The quantitative estimate of drug-likeness (QED) is 0.642. The van der Waals surface area contributed by atoms with Crippen molar-refractivity contribution in [3.63, 3.8) is 0 Å². The van der Waals surface area contributed by atoms with Gasteiger partial charge in [0.05, 0.1) is 0 Å². The van der Waals surface area contributed by atoms with Gasteiger partial charge in [0.25, 0.3) is 0 Å². The topological polar surface area (TPSA) is 43.2 Å². The van der Waals surface area contributed by atoms with E-state index in [0.717, 1.165) is 37.9 Å². The maximum Gasteiger partial charge on any atom is 0.223 e. The molecule has 2 aliphatic rings. The highest BCUT2D eigenvalue weighted by Crippen LogP contribution is 2.30. The van der Waals surface area contributed by atoms with Crippen molar-refractivity contribution in [2.75, 3.05) is 26.2 Å². The van der Waals surface area contributed by atoms with E-state index in [2.05, 4.69) is 51.1 Å². The summed E-state index contributed by atoms with van der Waals surface area (Å²) in [6.45, 7) is 14.0. The van der Waals surface area contributed by atoms with Crippen LogP contribution in [0.4, 0.5) is 0 Å². The molecule has 1 atom stereocenters. The van der Waals surface area contributed by atoms with Crippen LogP contribution < -0.4 is 5.32 Å². The van der Waals surface area contributed by atoms with E-state index in [-0.39, 0.29) is 6.04 Å². The number of hydrazone groups is 1. The highest BCUT2D eigenvalue weighted by molar-refractivity contribution is 7.08. The highest BCUT2D eigenvalue weighted by atomic mass is 32.1. The van der Waals surface area contributed by atoms with Crippen LogP contribution in [0.5, 0.6) is 0 Å². The Kier molecular flexibility index (Phi) is 8.06. The first-order chi connectivity index (χ1) is 12.7. The van der Waals surface area contributed by atoms with Gasteiger partial charge in [-0.1, -0.05) is 26.0 Å². The second kappa shape index (κ2) is 10.3. The van der Waals surface area contributed by atoms with E-state index in [1.807, 2.05) is 33.9 Å². The van der Waals surface area contributed by atoms with Crippen molar-refractivity contribution in [3.05, 3.63) is 40.7 Å². The van der Waals surface area contributed by atoms with Crippen LogP contribution in [0.1, 0.15) is 40.2 Å². The van der Waals surface area contributed by atoms with Crippen molar-refractivity contribution < 1.29 is 0 Å². The maximum atomic E-state index is 4.82. The second-order valence-corrected chi connectivity index (χ2v) is 6.91. The average molecular weight is 374 g/mol. The summed E-state index contributed by atoms with van der Waals surface area (Å²) in [4.78, 5) is 7.12. The molecule has 6 heteroatoms. The van der Waals surface area contributed by atoms with Crippen LogP contribution >= 0.6 is 11.3 Å². The van der Waals surface area contributed by atoms with Crippen molar-refractivity contribution in [2.45, 2.75) is 40.7 Å². The monoisotopic (exact) mass is 373 g/mol. The molecule has 3 heterocycles. The summed E-state index contributed by atoms with van der Waals surface area (Å²) in [6.07, 6.45) is 6.31. The predicted octanol–water partition coefficient (Wildman–Crippen LogP) is 4.03. The van der Waals surface area contributed by atoms with Gasteiger partial charge < -0.3 is 10.2 Å². The number of guanidine groups is 1. The second-order valence-electron chi connectivity index (χ2n) is 6.13. The van der Waals surface area contributed by atoms with E-state index in [4.69, 9.17) is 10.1 Å². The zero-order valence-corrected chi connectivity index (χ0v) is 17.4. The van der Waals surface area contributed by atoms with Crippen molar-refractivity contribution >= 4 is 28.6 Å². The van der Waals surface area contributed by atoms with Gasteiger partial charge >= 0.3 is 0 Å². The largest absolute Gasteiger partial charge is 0.339 e. The summed E-state index contributed by atoms with van der Waals surface area (Å²) in [5.41, 5.74) is 3.44. The average Bonchev–Trinajstić information content (AvgIpc) is 3.19. The van der Waals surface area contributed by atoms with Crippen LogP contribution in [-0.2, 0) is 0 Å². The minimum atomic E-state index is 0.0712. The molecule has 0 saturated carbocycles. The van der Waals surface area contributed by atoms with Gasteiger partial charge in [0, 0.05) is 43.7 Å². The van der Waals surface area contributed by atoms with Crippen molar-refractivity contribution in [2.24, 2.45) is 10.1 Å². The maximum absolute atomic E-state index is 4.82. The Morgan fingerprint density at radius 3 is 2.62 bits per heavy atom. The van der Waals surface area contributed by atoms with E-state index < -0.39 is 0 Å². The summed E-state index contributed by atoms with van der Waals surface area (Å²) in [5, 5.41) is 14.6. The zero-order chi connectivity index (χ0) is 18.9. The molecule has 0 aliphatic carbocycles. The SMILES string of the molecule is C/C=C/C1C(c2ccsc2)=CN=C(N2CCNCC2)N1N=C(C)C.CC. The number of hydrogen-bond donors (Lipinski definition) is 1. The van der Waals surface area contributed by atoms with Gasteiger partial charge in [-0.2, -0.15) is 16.4 Å². The zero-order valence-electron chi connectivity index (χ0n) is 16.6. The molecule has 0 amide bonds. The summed E-state index contributed by atoms with van der Waals surface area (Å²) in [5.74, 6) is 0.944. The van der Waals surface area contributed by atoms with E-state index in [1.54, 1.807) is 11.3 Å². The Morgan fingerprint density at radius 1 is 1.31 bits per heavy atom. The lowest BCUT2D eigenvalue weighted by molar-refractivity contribution is 0.288. The van der Waals surface area contributed by atoms with Crippen LogP contribution in [0, 0.1) is 0 Å². The van der Waals surface area contributed by atoms with Crippen LogP contribution in [0.15, 0.2) is 45.3 Å². The number of nitrogens with one attached hydrogen (secondary N) is 1. The first-order valence-corrected chi connectivity index (χ1v) is 10.3. The fourth-order valence-corrected chi connectivity index (χ4v) is 3.64. The lowest BCUT2D eigenvalue weighted by atomic mass is 10.00. The normalized spacial score (nSPS) is 20.3. The van der Waals surface area contributed by atoms with Gasteiger partial charge in [0.2, 0.25) is 5.96 Å². The van der Waals surface area contributed by atoms with Crippen LogP contribution in [0.3, 0.4) is 0 Å². The number of rotatable bonds is 3.